The first-order valence-electron chi connectivity index (χ1n) is 5.39. The second-order valence-electron chi connectivity index (χ2n) is 3.89. The molecule has 0 saturated carbocycles. The van der Waals surface area contributed by atoms with Crippen LogP contribution in [0.5, 0.6) is 0 Å². The number of carbonyl (C=O) groups excluding carboxylic acids is 1. The Balaban J connectivity index is 2.91. The molecule has 0 amide bonds. The third kappa shape index (κ3) is 3.49. The van der Waals surface area contributed by atoms with Crippen molar-refractivity contribution in [2.75, 3.05) is 6.61 Å². The SMILES string of the molecule is CCCOC(=O)c1cc(Cl)nc(C(C)C)c1. The van der Waals surface area contributed by atoms with Crippen molar-refractivity contribution in [1.82, 2.24) is 4.98 Å². The molecule has 3 nitrogen and oxygen atoms in total. The van der Waals surface area contributed by atoms with E-state index in [0.29, 0.717) is 17.3 Å². The molecule has 0 aromatic carbocycles. The summed E-state index contributed by atoms with van der Waals surface area (Å²) in [4.78, 5) is 15.8. The van der Waals surface area contributed by atoms with E-state index in [1.54, 1.807) is 6.07 Å². The van der Waals surface area contributed by atoms with Gasteiger partial charge in [0, 0.05) is 5.69 Å². The predicted octanol–water partition coefficient (Wildman–Crippen LogP) is 3.43. The molecule has 0 unspecified atom stereocenters. The van der Waals surface area contributed by atoms with Crippen molar-refractivity contribution in [2.24, 2.45) is 0 Å². The lowest BCUT2D eigenvalue weighted by atomic mass is 10.1. The summed E-state index contributed by atoms with van der Waals surface area (Å²) < 4.78 is 5.04. The van der Waals surface area contributed by atoms with Crippen molar-refractivity contribution in [3.05, 3.63) is 28.5 Å². The van der Waals surface area contributed by atoms with Crippen LogP contribution >= 0.6 is 11.6 Å². The van der Waals surface area contributed by atoms with E-state index >= 15 is 0 Å². The first kappa shape index (κ1) is 13.0. The Morgan fingerprint density at radius 1 is 1.50 bits per heavy atom. The van der Waals surface area contributed by atoms with Crippen LogP contribution in [0.2, 0.25) is 5.15 Å². The molecule has 0 atom stereocenters. The zero-order valence-electron chi connectivity index (χ0n) is 9.79. The molecule has 88 valence electrons. The number of nitrogens with zero attached hydrogens (tertiary/aromatic N) is 1. The van der Waals surface area contributed by atoms with E-state index in [4.69, 9.17) is 16.3 Å². The lowest BCUT2D eigenvalue weighted by Crippen LogP contribution is -2.07. The molecule has 16 heavy (non-hydrogen) atoms. The summed E-state index contributed by atoms with van der Waals surface area (Å²) in [7, 11) is 0. The minimum absolute atomic E-state index is 0.233. The third-order valence-electron chi connectivity index (χ3n) is 2.08. The van der Waals surface area contributed by atoms with Crippen LogP contribution in [0.1, 0.15) is 49.2 Å². The zero-order chi connectivity index (χ0) is 12.1. The molecule has 1 aromatic rings. The Bertz CT molecular complexity index is 377. The first-order chi connectivity index (χ1) is 7.54. The van der Waals surface area contributed by atoms with Crippen molar-refractivity contribution in [1.29, 1.82) is 0 Å². The quantitative estimate of drug-likeness (QED) is 0.599. The molecular formula is C12H16ClNO2. The van der Waals surface area contributed by atoms with Gasteiger partial charge in [0.25, 0.3) is 0 Å². The molecule has 0 aliphatic rings. The minimum Gasteiger partial charge on any atom is -0.462 e. The molecule has 1 rings (SSSR count). The van der Waals surface area contributed by atoms with Gasteiger partial charge < -0.3 is 4.74 Å². The number of rotatable bonds is 4. The van der Waals surface area contributed by atoms with Crippen LogP contribution in [0.3, 0.4) is 0 Å². The number of halogens is 1. The highest BCUT2D eigenvalue weighted by Crippen LogP contribution is 2.18. The molecule has 1 heterocycles. The average molecular weight is 242 g/mol. The van der Waals surface area contributed by atoms with Crippen molar-refractivity contribution in [3.8, 4) is 0 Å². The van der Waals surface area contributed by atoms with Crippen LogP contribution in [0.4, 0.5) is 0 Å². The molecule has 0 aliphatic heterocycles. The van der Waals surface area contributed by atoms with Crippen molar-refractivity contribution >= 4 is 17.6 Å². The van der Waals surface area contributed by atoms with E-state index in [0.717, 1.165) is 12.1 Å². The van der Waals surface area contributed by atoms with Gasteiger partial charge in [-0.25, -0.2) is 9.78 Å². The molecule has 0 spiro atoms. The van der Waals surface area contributed by atoms with Gasteiger partial charge in [-0.2, -0.15) is 0 Å². The van der Waals surface area contributed by atoms with Crippen LogP contribution in [0.25, 0.3) is 0 Å². The molecular weight excluding hydrogens is 226 g/mol. The normalized spacial score (nSPS) is 10.6. The lowest BCUT2D eigenvalue weighted by molar-refractivity contribution is 0.0505. The molecule has 0 N–H and O–H groups in total. The third-order valence-corrected chi connectivity index (χ3v) is 2.27. The number of pyridine rings is 1. The van der Waals surface area contributed by atoms with Crippen LogP contribution in [-0.4, -0.2) is 17.6 Å². The van der Waals surface area contributed by atoms with E-state index in [2.05, 4.69) is 4.98 Å². The maximum absolute atomic E-state index is 11.6. The van der Waals surface area contributed by atoms with Crippen LogP contribution < -0.4 is 0 Å². The van der Waals surface area contributed by atoms with E-state index in [1.165, 1.54) is 6.07 Å². The van der Waals surface area contributed by atoms with Gasteiger partial charge in [0.15, 0.2) is 0 Å². The summed E-state index contributed by atoms with van der Waals surface area (Å²) in [5.74, 6) is -0.107. The van der Waals surface area contributed by atoms with Gasteiger partial charge in [0.1, 0.15) is 5.15 Å². The van der Waals surface area contributed by atoms with Crippen LogP contribution in [0.15, 0.2) is 12.1 Å². The highest BCUT2D eigenvalue weighted by molar-refractivity contribution is 6.29. The number of aromatic nitrogens is 1. The van der Waals surface area contributed by atoms with Gasteiger partial charge in [-0.15, -0.1) is 0 Å². The molecule has 0 fully saturated rings. The number of ether oxygens (including phenoxy) is 1. The zero-order valence-corrected chi connectivity index (χ0v) is 10.5. The predicted molar refractivity (Wildman–Crippen MR) is 63.9 cm³/mol. The summed E-state index contributed by atoms with van der Waals surface area (Å²) >= 11 is 5.85. The van der Waals surface area contributed by atoms with Gasteiger partial charge in [-0.05, 0) is 24.5 Å². The maximum Gasteiger partial charge on any atom is 0.338 e. The van der Waals surface area contributed by atoms with Gasteiger partial charge in [0.2, 0.25) is 0 Å². The smallest absolute Gasteiger partial charge is 0.338 e. The molecule has 1 aromatic heterocycles. The Morgan fingerprint density at radius 3 is 2.75 bits per heavy atom. The van der Waals surface area contributed by atoms with E-state index in [-0.39, 0.29) is 11.9 Å². The summed E-state index contributed by atoms with van der Waals surface area (Å²) in [6, 6.07) is 3.26. The highest BCUT2D eigenvalue weighted by Gasteiger charge is 2.11. The van der Waals surface area contributed by atoms with Crippen LogP contribution in [-0.2, 0) is 4.74 Å². The minimum atomic E-state index is -0.340. The van der Waals surface area contributed by atoms with E-state index < -0.39 is 0 Å². The molecule has 0 bridgehead atoms. The average Bonchev–Trinajstić information content (AvgIpc) is 2.24. The van der Waals surface area contributed by atoms with Crippen molar-refractivity contribution < 1.29 is 9.53 Å². The van der Waals surface area contributed by atoms with Gasteiger partial charge in [-0.1, -0.05) is 32.4 Å². The second-order valence-corrected chi connectivity index (χ2v) is 4.28. The fourth-order valence-corrected chi connectivity index (χ4v) is 1.42. The van der Waals surface area contributed by atoms with Crippen LogP contribution in [0, 0.1) is 0 Å². The standard InChI is InChI=1S/C12H16ClNO2/c1-4-5-16-12(15)9-6-10(8(2)3)14-11(13)7-9/h6-8H,4-5H2,1-3H3. The molecule has 0 radical (unpaired) electrons. The van der Waals surface area contributed by atoms with E-state index in [1.807, 2.05) is 20.8 Å². The maximum atomic E-state index is 11.6. The molecule has 0 saturated heterocycles. The highest BCUT2D eigenvalue weighted by atomic mass is 35.5. The van der Waals surface area contributed by atoms with Crippen molar-refractivity contribution in [3.63, 3.8) is 0 Å². The van der Waals surface area contributed by atoms with Gasteiger partial charge in [0.05, 0.1) is 12.2 Å². The molecule has 0 aliphatic carbocycles. The summed E-state index contributed by atoms with van der Waals surface area (Å²) in [5.41, 5.74) is 1.27. The lowest BCUT2D eigenvalue weighted by Gasteiger charge is -2.08. The van der Waals surface area contributed by atoms with Gasteiger partial charge in [-0.3, -0.25) is 0 Å². The van der Waals surface area contributed by atoms with Gasteiger partial charge >= 0.3 is 5.97 Å². The Morgan fingerprint density at radius 2 is 2.19 bits per heavy atom. The Hall–Kier alpha value is -1.09. The largest absolute Gasteiger partial charge is 0.462 e. The monoisotopic (exact) mass is 241 g/mol. The number of esters is 1. The van der Waals surface area contributed by atoms with E-state index in [9.17, 15) is 4.79 Å². The second kappa shape index (κ2) is 5.85. The summed E-state index contributed by atoms with van der Waals surface area (Å²) in [6.45, 7) is 6.38. The molecule has 4 heteroatoms. The Labute approximate surface area is 101 Å². The summed E-state index contributed by atoms with van der Waals surface area (Å²) in [6.07, 6.45) is 0.807. The van der Waals surface area contributed by atoms with Crippen molar-refractivity contribution in [2.45, 2.75) is 33.1 Å². The summed E-state index contributed by atoms with van der Waals surface area (Å²) in [5, 5.41) is 0.328. The fourth-order valence-electron chi connectivity index (χ4n) is 1.21. The number of hydrogen-bond acceptors (Lipinski definition) is 3. The number of carbonyl (C=O) groups is 1. The number of hydrogen-bond donors (Lipinski definition) is 0. The topological polar surface area (TPSA) is 39.2 Å². The Kier molecular flexibility index (Phi) is 4.74. The first-order valence-corrected chi connectivity index (χ1v) is 5.77. The fraction of sp³-hybridized carbons (Fsp3) is 0.500.